The van der Waals surface area contributed by atoms with E-state index >= 15 is 0 Å². The minimum Gasteiger partial charge on any atom is -0.478 e. The Hall–Kier alpha value is -2.64. The maximum absolute atomic E-state index is 12.8. The monoisotopic (exact) mass is 331 g/mol. The summed E-state index contributed by atoms with van der Waals surface area (Å²) in [5, 5.41) is 16.3. The van der Waals surface area contributed by atoms with Crippen LogP contribution in [0.3, 0.4) is 0 Å². The SMILES string of the molecule is Cc1nc([C@@H]2CCCN(C(=O)c3[nH]c(C)c(C(=O)O)c3C)C2)n[nH]1. The topological polar surface area (TPSA) is 115 Å². The van der Waals surface area contributed by atoms with E-state index in [1.807, 2.05) is 6.92 Å². The van der Waals surface area contributed by atoms with Crippen molar-refractivity contribution in [3.8, 4) is 0 Å². The highest BCUT2D eigenvalue weighted by molar-refractivity contribution is 6.00. The number of hydrogen-bond acceptors (Lipinski definition) is 4. The number of nitrogens with zero attached hydrogens (tertiary/aromatic N) is 3. The van der Waals surface area contributed by atoms with Crippen molar-refractivity contribution in [2.75, 3.05) is 13.1 Å². The highest BCUT2D eigenvalue weighted by Crippen LogP contribution is 2.27. The smallest absolute Gasteiger partial charge is 0.337 e. The highest BCUT2D eigenvalue weighted by Gasteiger charge is 2.30. The Bertz CT molecular complexity index is 792. The molecule has 128 valence electrons. The average molecular weight is 331 g/mol. The summed E-state index contributed by atoms with van der Waals surface area (Å²) >= 11 is 0. The molecule has 0 spiro atoms. The van der Waals surface area contributed by atoms with E-state index in [1.54, 1.807) is 18.7 Å². The molecule has 2 aromatic heterocycles. The summed E-state index contributed by atoms with van der Waals surface area (Å²) in [5.41, 5.74) is 1.52. The van der Waals surface area contributed by atoms with Crippen molar-refractivity contribution in [3.63, 3.8) is 0 Å². The third kappa shape index (κ3) is 2.79. The van der Waals surface area contributed by atoms with E-state index in [1.165, 1.54) is 0 Å². The number of amides is 1. The predicted octanol–water partition coefficient (Wildman–Crippen LogP) is 1.78. The van der Waals surface area contributed by atoms with Crippen LogP contribution in [0.25, 0.3) is 0 Å². The van der Waals surface area contributed by atoms with Crippen molar-refractivity contribution >= 4 is 11.9 Å². The Morgan fingerprint density at radius 1 is 1.29 bits per heavy atom. The molecule has 1 aliphatic heterocycles. The van der Waals surface area contributed by atoms with Crippen molar-refractivity contribution in [3.05, 3.63) is 34.2 Å². The Morgan fingerprint density at radius 3 is 2.62 bits per heavy atom. The van der Waals surface area contributed by atoms with Gasteiger partial charge in [0.2, 0.25) is 0 Å². The lowest BCUT2D eigenvalue weighted by Crippen LogP contribution is -2.39. The zero-order chi connectivity index (χ0) is 17.4. The van der Waals surface area contributed by atoms with E-state index in [9.17, 15) is 14.7 Å². The first-order valence-electron chi connectivity index (χ1n) is 7.99. The molecule has 0 aromatic carbocycles. The van der Waals surface area contributed by atoms with Crippen LogP contribution in [0.15, 0.2) is 0 Å². The summed E-state index contributed by atoms with van der Waals surface area (Å²) < 4.78 is 0. The number of nitrogens with one attached hydrogen (secondary N) is 2. The van der Waals surface area contributed by atoms with Gasteiger partial charge >= 0.3 is 5.97 Å². The van der Waals surface area contributed by atoms with Gasteiger partial charge in [-0.1, -0.05) is 0 Å². The van der Waals surface area contributed by atoms with Crippen LogP contribution in [-0.4, -0.2) is 55.1 Å². The summed E-state index contributed by atoms with van der Waals surface area (Å²) in [7, 11) is 0. The van der Waals surface area contributed by atoms with Gasteiger partial charge in [0.15, 0.2) is 5.82 Å². The van der Waals surface area contributed by atoms with Gasteiger partial charge in [-0.15, -0.1) is 0 Å². The molecule has 0 bridgehead atoms. The fourth-order valence-corrected chi connectivity index (χ4v) is 3.36. The number of carbonyl (C=O) groups excluding carboxylic acids is 1. The lowest BCUT2D eigenvalue weighted by Gasteiger charge is -2.31. The van der Waals surface area contributed by atoms with Gasteiger partial charge in [0.05, 0.1) is 5.56 Å². The fraction of sp³-hybridized carbons (Fsp3) is 0.500. The summed E-state index contributed by atoms with van der Waals surface area (Å²) in [6.45, 7) is 6.37. The number of aromatic nitrogens is 4. The zero-order valence-electron chi connectivity index (χ0n) is 14.0. The second-order valence-corrected chi connectivity index (χ2v) is 6.30. The summed E-state index contributed by atoms with van der Waals surface area (Å²) in [6.07, 6.45) is 1.80. The summed E-state index contributed by atoms with van der Waals surface area (Å²) in [5.74, 6) is 0.405. The average Bonchev–Trinajstić information content (AvgIpc) is 3.10. The van der Waals surface area contributed by atoms with Crippen LogP contribution in [0, 0.1) is 20.8 Å². The van der Waals surface area contributed by atoms with Gasteiger partial charge in [-0.2, -0.15) is 5.10 Å². The molecule has 0 aliphatic carbocycles. The van der Waals surface area contributed by atoms with Gasteiger partial charge in [-0.05, 0) is 39.2 Å². The zero-order valence-corrected chi connectivity index (χ0v) is 14.0. The number of hydrogen-bond donors (Lipinski definition) is 3. The molecule has 0 radical (unpaired) electrons. The van der Waals surface area contributed by atoms with E-state index in [0.717, 1.165) is 24.5 Å². The number of likely N-dealkylation sites (tertiary alicyclic amines) is 1. The lowest BCUT2D eigenvalue weighted by molar-refractivity contribution is 0.0693. The molecule has 2 aromatic rings. The Kier molecular flexibility index (Phi) is 4.13. The van der Waals surface area contributed by atoms with Crippen molar-refractivity contribution in [2.45, 2.75) is 39.5 Å². The molecular weight excluding hydrogens is 310 g/mol. The number of carbonyl (C=O) groups is 2. The van der Waals surface area contributed by atoms with Crippen LogP contribution in [0.1, 0.15) is 62.5 Å². The molecule has 8 nitrogen and oxygen atoms in total. The van der Waals surface area contributed by atoms with Crippen molar-refractivity contribution < 1.29 is 14.7 Å². The molecule has 3 heterocycles. The van der Waals surface area contributed by atoms with Crippen LogP contribution in [-0.2, 0) is 0 Å². The second-order valence-electron chi connectivity index (χ2n) is 6.30. The van der Waals surface area contributed by atoms with Crippen molar-refractivity contribution in [1.29, 1.82) is 0 Å². The number of aromatic carboxylic acids is 1. The molecule has 1 saturated heterocycles. The van der Waals surface area contributed by atoms with Gasteiger partial charge in [-0.3, -0.25) is 9.89 Å². The quantitative estimate of drug-likeness (QED) is 0.793. The van der Waals surface area contributed by atoms with Gasteiger partial charge in [0, 0.05) is 24.7 Å². The first-order chi connectivity index (χ1) is 11.4. The first kappa shape index (κ1) is 16.2. The highest BCUT2D eigenvalue weighted by atomic mass is 16.4. The van der Waals surface area contributed by atoms with Crippen LogP contribution >= 0.6 is 0 Å². The lowest BCUT2D eigenvalue weighted by atomic mass is 9.97. The molecule has 3 rings (SSSR count). The number of H-pyrrole nitrogens is 2. The minimum absolute atomic E-state index is 0.1000. The van der Waals surface area contributed by atoms with E-state index in [0.29, 0.717) is 30.0 Å². The van der Waals surface area contributed by atoms with E-state index in [-0.39, 0.29) is 17.4 Å². The molecule has 8 heteroatoms. The number of carboxylic acid groups (broad SMARTS) is 1. The van der Waals surface area contributed by atoms with Crippen molar-refractivity contribution in [2.24, 2.45) is 0 Å². The number of carboxylic acids is 1. The van der Waals surface area contributed by atoms with Crippen LogP contribution in [0.5, 0.6) is 0 Å². The van der Waals surface area contributed by atoms with E-state index in [4.69, 9.17) is 0 Å². The molecule has 1 fully saturated rings. The van der Waals surface area contributed by atoms with E-state index in [2.05, 4.69) is 20.2 Å². The summed E-state index contributed by atoms with van der Waals surface area (Å²) in [6, 6.07) is 0. The van der Waals surface area contributed by atoms with E-state index < -0.39 is 5.97 Å². The van der Waals surface area contributed by atoms with Gasteiger partial charge in [0.25, 0.3) is 5.91 Å². The van der Waals surface area contributed by atoms with Gasteiger partial charge in [0.1, 0.15) is 11.5 Å². The number of rotatable bonds is 3. The fourth-order valence-electron chi connectivity index (χ4n) is 3.36. The summed E-state index contributed by atoms with van der Waals surface area (Å²) in [4.78, 5) is 33.2. The van der Waals surface area contributed by atoms with Gasteiger partial charge in [-0.25, -0.2) is 9.78 Å². The standard InChI is InChI=1S/C16H21N5O3/c1-8-12(16(23)24)9(2)17-13(8)15(22)21-6-4-5-11(7-21)14-18-10(3)19-20-14/h11,17H,4-7H2,1-3H3,(H,23,24)(H,18,19,20)/t11-/m1/s1. The number of piperidine rings is 1. The molecule has 0 saturated carbocycles. The Balaban J connectivity index is 1.82. The minimum atomic E-state index is -1.02. The Morgan fingerprint density at radius 2 is 2.04 bits per heavy atom. The van der Waals surface area contributed by atoms with Crippen LogP contribution in [0.2, 0.25) is 0 Å². The van der Waals surface area contributed by atoms with Crippen LogP contribution < -0.4 is 0 Å². The molecular formula is C16H21N5O3. The van der Waals surface area contributed by atoms with Gasteiger partial charge < -0.3 is 15.0 Å². The Labute approximate surface area is 139 Å². The van der Waals surface area contributed by atoms with Crippen LogP contribution in [0.4, 0.5) is 0 Å². The second kappa shape index (κ2) is 6.10. The molecule has 1 amide bonds. The molecule has 3 N–H and O–H groups in total. The number of aryl methyl sites for hydroxylation is 2. The largest absolute Gasteiger partial charge is 0.478 e. The number of aromatic amines is 2. The normalized spacial score (nSPS) is 18.0. The molecule has 1 atom stereocenters. The molecule has 1 aliphatic rings. The van der Waals surface area contributed by atoms with Crippen molar-refractivity contribution in [1.82, 2.24) is 25.1 Å². The first-order valence-corrected chi connectivity index (χ1v) is 7.99. The predicted molar refractivity (Wildman–Crippen MR) is 86.2 cm³/mol. The molecule has 24 heavy (non-hydrogen) atoms. The maximum Gasteiger partial charge on any atom is 0.337 e. The third-order valence-corrected chi connectivity index (χ3v) is 4.55. The maximum atomic E-state index is 12.8. The molecule has 0 unspecified atom stereocenters. The third-order valence-electron chi connectivity index (χ3n) is 4.55.